The van der Waals surface area contributed by atoms with Crippen LogP contribution in [0.5, 0.6) is 0 Å². The third-order valence-corrected chi connectivity index (χ3v) is 4.37. The summed E-state index contributed by atoms with van der Waals surface area (Å²) < 4.78 is 0. The molecule has 15 heavy (non-hydrogen) atoms. The van der Waals surface area contributed by atoms with Gasteiger partial charge in [0.2, 0.25) is 0 Å². The number of aryl methyl sites for hydroxylation is 2. The molecule has 1 saturated heterocycles. The average molecular weight is 225 g/mol. The summed E-state index contributed by atoms with van der Waals surface area (Å²) in [6, 6.07) is 0.587. The highest BCUT2D eigenvalue weighted by atomic mass is 32.1. The van der Waals surface area contributed by atoms with E-state index in [1.54, 1.807) is 11.3 Å². The molecule has 2 atom stereocenters. The molecule has 2 rings (SSSR count). The number of nitrogens with two attached hydrogens (primary N) is 1. The number of aromatic nitrogens is 1. The van der Waals surface area contributed by atoms with Gasteiger partial charge in [0.05, 0.1) is 5.69 Å². The first-order valence-corrected chi connectivity index (χ1v) is 6.34. The van der Waals surface area contributed by atoms with Crippen LogP contribution in [0.15, 0.2) is 0 Å². The van der Waals surface area contributed by atoms with Gasteiger partial charge in [-0.25, -0.2) is 4.98 Å². The van der Waals surface area contributed by atoms with Gasteiger partial charge in [-0.05, 0) is 39.7 Å². The maximum Gasteiger partial charge on any atom is 0.186 e. The number of anilines is 1. The van der Waals surface area contributed by atoms with E-state index >= 15 is 0 Å². The molecule has 1 aliphatic rings. The smallest absolute Gasteiger partial charge is 0.186 e. The predicted molar refractivity (Wildman–Crippen MR) is 65.6 cm³/mol. The third kappa shape index (κ3) is 2.01. The Kier molecular flexibility index (Phi) is 2.98. The lowest BCUT2D eigenvalue weighted by Crippen LogP contribution is -2.27. The molecule has 1 fully saturated rings. The van der Waals surface area contributed by atoms with Gasteiger partial charge < -0.3 is 10.6 Å². The van der Waals surface area contributed by atoms with E-state index in [0.717, 1.165) is 13.1 Å². The van der Waals surface area contributed by atoms with Crippen LogP contribution in [-0.2, 0) is 0 Å². The van der Waals surface area contributed by atoms with Gasteiger partial charge in [-0.15, -0.1) is 11.3 Å². The van der Waals surface area contributed by atoms with E-state index in [1.807, 2.05) is 0 Å². The fourth-order valence-electron chi connectivity index (χ4n) is 2.16. The maximum absolute atomic E-state index is 5.73. The standard InChI is InChI=1S/C11H19N3S/c1-7-4-10(5-12)6-14(7)11-13-8(2)9(3)15-11/h7,10H,4-6,12H2,1-3H3. The Labute approximate surface area is 95.3 Å². The van der Waals surface area contributed by atoms with Crippen molar-refractivity contribution in [3.05, 3.63) is 10.6 Å². The van der Waals surface area contributed by atoms with E-state index in [2.05, 4.69) is 30.7 Å². The summed E-state index contributed by atoms with van der Waals surface area (Å²) in [6.45, 7) is 8.35. The number of rotatable bonds is 2. The van der Waals surface area contributed by atoms with Crippen LogP contribution in [0.3, 0.4) is 0 Å². The van der Waals surface area contributed by atoms with Crippen LogP contribution in [0.4, 0.5) is 5.13 Å². The van der Waals surface area contributed by atoms with Crippen molar-refractivity contribution in [3.63, 3.8) is 0 Å². The molecule has 1 aromatic heterocycles. The van der Waals surface area contributed by atoms with E-state index in [4.69, 9.17) is 5.73 Å². The van der Waals surface area contributed by atoms with Gasteiger partial charge in [0.15, 0.2) is 5.13 Å². The first-order valence-electron chi connectivity index (χ1n) is 5.52. The first kappa shape index (κ1) is 10.9. The molecule has 2 heterocycles. The van der Waals surface area contributed by atoms with Gasteiger partial charge in [0.25, 0.3) is 0 Å². The molecule has 0 amide bonds. The van der Waals surface area contributed by atoms with Crippen molar-refractivity contribution in [1.82, 2.24) is 4.98 Å². The molecule has 1 aliphatic heterocycles. The molecule has 0 radical (unpaired) electrons. The molecule has 1 aromatic rings. The Morgan fingerprint density at radius 1 is 1.53 bits per heavy atom. The second-order valence-electron chi connectivity index (χ2n) is 4.48. The van der Waals surface area contributed by atoms with Crippen LogP contribution < -0.4 is 10.6 Å². The molecule has 2 unspecified atom stereocenters. The number of nitrogens with zero attached hydrogens (tertiary/aromatic N) is 2. The highest BCUT2D eigenvalue weighted by molar-refractivity contribution is 7.15. The highest BCUT2D eigenvalue weighted by Crippen LogP contribution is 2.32. The average Bonchev–Trinajstić information content (AvgIpc) is 2.71. The first-order chi connectivity index (χ1) is 7.11. The molecular weight excluding hydrogens is 206 g/mol. The molecular formula is C11H19N3S. The lowest BCUT2D eigenvalue weighted by molar-refractivity contribution is 0.579. The molecule has 0 aromatic carbocycles. The Morgan fingerprint density at radius 3 is 2.73 bits per heavy atom. The largest absolute Gasteiger partial charge is 0.345 e. The SMILES string of the molecule is Cc1nc(N2CC(CN)CC2C)sc1C. The second kappa shape index (κ2) is 4.10. The molecule has 4 heteroatoms. The minimum atomic E-state index is 0.587. The van der Waals surface area contributed by atoms with Crippen molar-refractivity contribution in [2.75, 3.05) is 18.0 Å². The minimum Gasteiger partial charge on any atom is -0.345 e. The molecule has 2 N–H and O–H groups in total. The van der Waals surface area contributed by atoms with Crippen molar-refractivity contribution in [1.29, 1.82) is 0 Å². The predicted octanol–water partition coefficient (Wildman–Crippen LogP) is 1.93. The molecule has 0 spiro atoms. The van der Waals surface area contributed by atoms with Crippen LogP contribution >= 0.6 is 11.3 Å². The Hall–Kier alpha value is -0.610. The lowest BCUT2D eigenvalue weighted by Gasteiger charge is -2.20. The fraction of sp³-hybridized carbons (Fsp3) is 0.727. The zero-order valence-electron chi connectivity index (χ0n) is 9.66. The number of thiazole rings is 1. The quantitative estimate of drug-likeness (QED) is 0.836. The van der Waals surface area contributed by atoms with Crippen molar-refractivity contribution in [3.8, 4) is 0 Å². The summed E-state index contributed by atoms with van der Waals surface area (Å²) in [5.41, 5.74) is 6.89. The van der Waals surface area contributed by atoms with Crippen molar-refractivity contribution >= 4 is 16.5 Å². The zero-order chi connectivity index (χ0) is 11.0. The van der Waals surface area contributed by atoms with Gasteiger partial charge in [0, 0.05) is 17.5 Å². The normalized spacial score (nSPS) is 26.3. The monoisotopic (exact) mass is 225 g/mol. The van der Waals surface area contributed by atoms with E-state index in [9.17, 15) is 0 Å². The topological polar surface area (TPSA) is 42.2 Å². The third-order valence-electron chi connectivity index (χ3n) is 3.26. The van der Waals surface area contributed by atoms with Gasteiger partial charge in [-0.2, -0.15) is 0 Å². The van der Waals surface area contributed by atoms with Crippen LogP contribution in [0, 0.1) is 19.8 Å². The van der Waals surface area contributed by atoms with E-state index in [1.165, 1.54) is 22.1 Å². The summed E-state index contributed by atoms with van der Waals surface area (Å²) in [5, 5.41) is 1.17. The summed E-state index contributed by atoms with van der Waals surface area (Å²) in [4.78, 5) is 8.35. The van der Waals surface area contributed by atoms with Gasteiger partial charge in [-0.1, -0.05) is 0 Å². The number of hydrogen-bond donors (Lipinski definition) is 1. The zero-order valence-corrected chi connectivity index (χ0v) is 10.5. The van der Waals surface area contributed by atoms with E-state index in [0.29, 0.717) is 12.0 Å². The second-order valence-corrected chi connectivity index (χ2v) is 5.66. The summed E-state index contributed by atoms with van der Waals surface area (Å²) >= 11 is 1.80. The highest BCUT2D eigenvalue weighted by Gasteiger charge is 2.30. The summed E-state index contributed by atoms with van der Waals surface area (Å²) in [7, 11) is 0. The van der Waals surface area contributed by atoms with Gasteiger partial charge in [-0.3, -0.25) is 0 Å². The van der Waals surface area contributed by atoms with Crippen LogP contribution in [0.2, 0.25) is 0 Å². The Bertz CT molecular complexity index is 328. The Balaban J connectivity index is 2.17. The van der Waals surface area contributed by atoms with Crippen LogP contribution in [0.1, 0.15) is 23.9 Å². The van der Waals surface area contributed by atoms with E-state index in [-0.39, 0.29) is 0 Å². The molecule has 84 valence electrons. The molecule has 0 bridgehead atoms. The fourth-order valence-corrected chi connectivity index (χ4v) is 3.18. The molecule has 3 nitrogen and oxygen atoms in total. The minimum absolute atomic E-state index is 0.587. The summed E-state index contributed by atoms with van der Waals surface area (Å²) in [5.74, 6) is 0.643. The molecule has 0 saturated carbocycles. The van der Waals surface area contributed by atoms with E-state index < -0.39 is 0 Å². The lowest BCUT2D eigenvalue weighted by atomic mass is 10.1. The summed E-state index contributed by atoms with van der Waals surface area (Å²) in [6.07, 6.45) is 1.20. The van der Waals surface area contributed by atoms with Crippen molar-refractivity contribution < 1.29 is 0 Å². The van der Waals surface area contributed by atoms with Gasteiger partial charge in [0.1, 0.15) is 0 Å². The van der Waals surface area contributed by atoms with Crippen molar-refractivity contribution in [2.45, 2.75) is 33.2 Å². The van der Waals surface area contributed by atoms with Crippen LogP contribution in [-0.4, -0.2) is 24.1 Å². The van der Waals surface area contributed by atoms with Crippen molar-refractivity contribution in [2.24, 2.45) is 11.7 Å². The maximum atomic E-state index is 5.73. The van der Waals surface area contributed by atoms with Gasteiger partial charge >= 0.3 is 0 Å². The number of hydrogen-bond acceptors (Lipinski definition) is 4. The van der Waals surface area contributed by atoms with Crippen LogP contribution in [0.25, 0.3) is 0 Å². The molecule has 0 aliphatic carbocycles. The Morgan fingerprint density at radius 2 is 2.27 bits per heavy atom.